The molecular weight excluding hydrogens is 216 g/mol. The highest BCUT2D eigenvalue weighted by atomic mass is 32.2. The van der Waals surface area contributed by atoms with E-state index >= 15 is 0 Å². The number of hydrogen-bond acceptors (Lipinski definition) is 4. The van der Waals surface area contributed by atoms with Gasteiger partial charge in [-0.15, -0.1) is 0 Å². The normalized spacial score (nSPS) is 17.2. The second-order valence-electron chi connectivity index (χ2n) is 4.17. The summed E-state index contributed by atoms with van der Waals surface area (Å²) in [5, 5.41) is 3.10. The summed E-state index contributed by atoms with van der Waals surface area (Å²) < 4.78 is 21.8. The summed E-state index contributed by atoms with van der Waals surface area (Å²) in [6.07, 6.45) is 1.70. The fourth-order valence-corrected chi connectivity index (χ4v) is 1.93. The molecule has 1 rings (SSSR count). The molecule has 1 amide bonds. The van der Waals surface area contributed by atoms with E-state index in [0.717, 1.165) is 13.1 Å². The smallest absolute Gasteiger partial charge is 0.222 e. The molecule has 0 aliphatic carbocycles. The summed E-state index contributed by atoms with van der Waals surface area (Å²) in [5.41, 5.74) is 0. The van der Waals surface area contributed by atoms with Crippen LogP contribution in [0.2, 0.25) is 0 Å². The number of nitrogens with zero attached hydrogens (tertiary/aromatic N) is 1. The van der Waals surface area contributed by atoms with Crippen molar-refractivity contribution in [3.63, 3.8) is 0 Å². The van der Waals surface area contributed by atoms with Crippen LogP contribution in [0, 0.1) is 5.92 Å². The Balaban J connectivity index is 2.26. The quantitative estimate of drug-likeness (QED) is 0.669. The van der Waals surface area contributed by atoms with E-state index in [1.54, 1.807) is 7.05 Å². The van der Waals surface area contributed by atoms with Crippen molar-refractivity contribution in [3.8, 4) is 0 Å². The van der Waals surface area contributed by atoms with Crippen molar-refractivity contribution in [1.29, 1.82) is 0 Å². The van der Waals surface area contributed by atoms with Crippen LogP contribution in [0.1, 0.15) is 6.42 Å². The maximum absolute atomic E-state index is 11.6. The first kappa shape index (κ1) is 12.4. The van der Waals surface area contributed by atoms with Gasteiger partial charge in [0, 0.05) is 26.3 Å². The number of sulfone groups is 1. The van der Waals surface area contributed by atoms with Crippen LogP contribution >= 0.6 is 0 Å². The van der Waals surface area contributed by atoms with Gasteiger partial charge >= 0.3 is 0 Å². The highest BCUT2D eigenvalue weighted by Crippen LogP contribution is 2.09. The molecule has 5 nitrogen and oxygen atoms in total. The molecule has 88 valence electrons. The summed E-state index contributed by atoms with van der Waals surface area (Å²) in [4.78, 5) is 13.1. The number of nitrogens with one attached hydrogen (secondary N) is 1. The van der Waals surface area contributed by atoms with Gasteiger partial charge < -0.3 is 10.2 Å². The van der Waals surface area contributed by atoms with E-state index in [0.29, 0.717) is 12.3 Å². The van der Waals surface area contributed by atoms with Crippen molar-refractivity contribution < 1.29 is 13.2 Å². The Morgan fingerprint density at radius 1 is 1.47 bits per heavy atom. The molecule has 1 N–H and O–H groups in total. The van der Waals surface area contributed by atoms with E-state index in [4.69, 9.17) is 0 Å². The van der Waals surface area contributed by atoms with Crippen molar-refractivity contribution in [2.45, 2.75) is 6.42 Å². The van der Waals surface area contributed by atoms with Crippen molar-refractivity contribution in [2.75, 3.05) is 38.7 Å². The number of hydrogen-bond donors (Lipinski definition) is 1. The molecule has 0 unspecified atom stereocenters. The fourth-order valence-electron chi connectivity index (χ4n) is 1.32. The summed E-state index contributed by atoms with van der Waals surface area (Å²) in [7, 11) is -1.33. The average Bonchev–Trinajstić information content (AvgIpc) is 2.05. The van der Waals surface area contributed by atoms with Crippen LogP contribution in [0.25, 0.3) is 0 Å². The molecule has 0 aromatic carbocycles. The van der Waals surface area contributed by atoms with Crippen LogP contribution in [0.15, 0.2) is 0 Å². The minimum absolute atomic E-state index is 0.0325. The number of carbonyl (C=O) groups excluding carboxylic acids is 1. The lowest BCUT2D eigenvalue weighted by Crippen LogP contribution is -2.45. The van der Waals surface area contributed by atoms with Crippen LogP contribution in [-0.4, -0.2) is 57.9 Å². The van der Waals surface area contributed by atoms with Crippen LogP contribution in [0.3, 0.4) is 0 Å². The Labute approximate surface area is 90.7 Å². The van der Waals surface area contributed by atoms with Gasteiger partial charge in [-0.2, -0.15) is 0 Å². The van der Waals surface area contributed by atoms with Gasteiger partial charge in [-0.3, -0.25) is 4.79 Å². The molecule has 1 fully saturated rings. The van der Waals surface area contributed by atoms with Gasteiger partial charge in [0.25, 0.3) is 0 Å². The molecule has 0 aromatic heterocycles. The van der Waals surface area contributed by atoms with Crippen LogP contribution in [0.4, 0.5) is 0 Å². The molecule has 1 heterocycles. The lowest BCUT2D eigenvalue weighted by Gasteiger charge is -2.28. The third kappa shape index (κ3) is 4.61. The molecule has 1 saturated heterocycles. The number of rotatable bonds is 5. The van der Waals surface area contributed by atoms with Crippen LogP contribution in [-0.2, 0) is 14.6 Å². The Bertz CT molecular complexity index is 322. The Morgan fingerprint density at radius 2 is 2.07 bits per heavy atom. The molecule has 1 aliphatic rings. The van der Waals surface area contributed by atoms with E-state index in [-0.39, 0.29) is 18.2 Å². The first-order valence-electron chi connectivity index (χ1n) is 5.01. The third-order valence-electron chi connectivity index (χ3n) is 2.55. The maximum atomic E-state index is 11.6. The molecule has 0 saturated carbocycles. The second kappa shape index (κ2) is 4.94. The molecular formula is C9H18N2O3S. The van der Waals surface area contributed by atoms with E-state index in [9.17, 15) is 13.2 Å². The Hall–Kier alpha value is -0.620. The topological polar surface area (TPSA) is 66.5 Å². The lowest BCUT2D eigenvalue weighted by molar-refractivity contribution is -0.131. The summed E-state index contributed by atoms with van der Waals surface area (Å²) in [6.45, 7) is 2.08. The van der Waals surface area contributed by atoms with Gasteiger partial charge in [0.15, 0.2) is 0 Å². The van der Waals surface area contributed by atoms with E-state index < -0.39 is 9.84 Å². The van der Waals surface area contributed by atoms with E-state index in [2.05, 4.69) is 5.32 Å². The first-order chi connectivity index (χ1) is 6.88. The molecule has 0 atom stereocenters. The van der Waals surface area contributed by atoms with Gasteiger partial charge in [-0.1, -0.05) is 0 Å². The highest BCUT2D eigenvalue weighted by Gasteiger charge is 2.22. The van der Waals surface area contributed by atoms with Crippen LogP contribution in [0.5, 0.6) is 0 Å². The zero-order chi connectivity index (χ0) is 11.5. The number of carbonyl (C=O) groups is 1. The van der Waals surface area contributed by atoms with Crippen molar-refractivity contribution in [2.24, 2.45) is 5.92 Å². The molecule has 0 spiro atoms. The maximum Gasteiger partial charge on any atom is 0.222 e. The zero-order valence-corrected chi connectivity index (χ0v) is 10.0. The summed E-state index contributed by atoms with van der Waals surface area (Å²) >= 11 is 0. The van der Waals surface area contributed by atoms with Crippen molar-refractivity contribution in [3.05, 3.63) is 0 Å². The van der Waals surface area contributed by atoms with Gasteiger partial charge in [0.05, 0.1) is 5.75 Å². The molecule has 6 heteroatoms. The minimum Gasteiger partial charge on any atom is -0.345 e. The van der Waals surface area contributed by atoms with Gasteiger partial charge in [-0.25, -0.2) is 8.42 Å². The first-order valence-corrected chi connectivity index (χ1v) is 7.07. The van der Waals surface area contributed by atoms with Crippen molar-refractivity contribution >= 4 is 15.7 Å². The van der Waals surface area contributed by atoms with Crippen molar-refractivity contribution in [1.82, 2.24) is 10.2 Å². The predicted octanol–water partition coefficient (Wildman–Crippen LogP) is -0.901. The molecule has 0 radical (unpaired) electrons. The average molecular weight is 234 g/mol. The van der Waals surface area contributed by atoms with Gasteiger partial charge in [0.2, 0.25) is 5.91 Å². The molecule has 1 aliphatic heterocycles. The summed E-state index contributed by atoms with van der Waals surface area (Å²) in [5.74, 6) is 0.501. The highest BCUT2D eigenvalue weighted by molar-refractivity contribution is 7.90. The minimum atomic E-state index is -2.98. The van der Waals surface area contributed by atoms with E-state index in [1.807, 2.05) is 0 Å². The third-order valence-corrected chi connectivity index (χ3v) is 3.48. The summed E-state index contributed by atoms with van der Waals surface area (Å²) in [6, 6.07) is 0. The lowest BCUT2D eigenvalue weighted by atomic mass is 9.99. The monoisotopic (exact) mass is 234 g/mol. The Kier molecular flexibility index (Phi) is 4.10. The van der Waals surface area contributed by atoms with Crippen LogP contribution < -0.4 is 5.32 Å². The van der Waals surface area contributed by atoms with E-state index in [1.165, 1.54) is 11.2 Å². The standard InChI is InChI=1S/C9H18N2O3S/c1-11(3-4-15(2,13)14)9(12)5-8-6-10-7-8/h8,10H,3-7H2,1-2H3. The molecule has 0 bridgehead atoms. The molecule has 0 aromatic rings. The number of amides is 1. The fraction of sp³-hybridized carbons (Fsp3) is 0.889. The second-order valence-corrected chi connectivity index (χ2v) is 6.43. The Morgan fingerprint density at radius 3 is 2.47 bits per heavy atom. The zero-order valence-electron chi connectivity index (χ0n) is 9.19. The largest absolute Gasteiger partial charge is 0.345 e. The SMILES string of the molecule is CN(CCS(C)(=O)=O)C(=O)CC1CNC1. The molecule has 15 heavy (non-hydrogen) atoms. The van der Waals surface area contributed by atoms with Gasteiger partial charge in [0.1, 0.15) is 9.84 Å². The van der Waals surface area contributed by atoms with Gasteiger partial charge in [-0.05, 0) is 19.0 Å². The predicted molar refractivity (Wildman–Crippen MR) is 58.3 cm³/mol.